The van der Waals surface area contributed by atoms with Crippen LogP contribution in [0.15, 0.2) is 72.5 Å². The summed E-state index contributed by atoms with van der Waals surface area (Å²) in [6.07, 6.45) is 0.386. The van der Waals surface area contributed by atoms with Gasteiger partial charge >= 0.3 is 0 Å². The number of ketones is 1. The number of Topliss-reactive ketones (excluding diaryl/α,β-unsaturated/α-hetero) is 1. The average Bonchev–Trinajstić information content (AvgIpc) is 3.15. The summed E-state index contributed by atoms with van der Waals surface area (Å²) >= 11 is 0. The van der Waals surface area contributed by atoms with Crippen molar-refractivity contribution >= 4 is 11.4 Å². The lowest BCUT2D eigenvalue weighted by Gasteiger charge is -2.30. The van der Waals surface area contributed by atoms with Crippen molar-refractivity contribution in [2.75, 3.05) is 14.2 Å². The van der Waals surface area contributed by atoms with E-state index in [2.05, 4.69) is 4.57 Å². The minimum absolute atomic E-state index is 0.0345. The van der Waals surface area contributed by atoms with Crippen molar-refractivity contribution in [2.45, 2.75) is 39.5 Å². The number of hydrogen-bond donors (Lipinski definition) is 1. The smallest absolute Gasteiger partial charge is 0.174 e. The highest BCUT2D eigenvalue weighted by Gasteiger charge is 2.36. The zero-order valence-corrected chi connectivity index (χ0v) is 19.7. The predicted octanol–water partition coefficient (Wildman–Crippen LogP) is 6.10. The van der Waals surface area contributed by atoms with E-state index in [0.717, 1.165) is 28.1 Å². The average molecular weight is 446 g/mol. The van der Waals surface area contributed by atoms with E-state index in [1.807, 2.05) is 80.6 Å². The van der Waals surface area contributed by atoms with E-state index in [0.29, 0.717) is 25.0 Å². The van der Waals surface area contributed by atoms with Crippen LogP contribution in [0.2, 0.25) is 0 Å². The number of methoxy groups -OCH3 is 2. The number of aromatic nitrogens is 1. The number of ether oxygens (including phenoxy) is 2. The Kier molecular flexibility index (Phi) is 6.54. The van der Waals surface area contributed by atoms with E-state index in [4.69, 9.17) is 9.47 Å². The van der Waals surface area contributed by atoms with Crippen LogP contribution in [0.1, 0.15) is 32.3 Å². The highest BCUT2D eigenvalue weighted by Crippen LogP contribution is 2.44. The molecule has 0 saturated heterocycles. The first-order valence-electron chi connectivity index (χ1n) is 11.2. The van der Waals surface area contributed by atoms with Gasteiger partial charge in [-0.2, -0.15) is 0 Å². The summed E-state index contributed by atoms with van der Waals surface area (Å²) in [6, 6.07) is 22.0. The Morgan fingerprint density at radius 2 is 1.52 bits per heavy atom. The Bertz CT molecular complexity index is 1160. The van der Waals surface area contributed by atoms with Crippen LogP contribution < -0.4 is 0 Å². The number of hydrogen-bond acceptors (Lipinski definition) is 4. The fraction of sp³-hybridized carbons (Fsp3) is 0.321. The Hall–Kier alpha value is -3.15. The van der Waals surface area contributed by atoms with Crippen molar-refractivity contribution in [1.82, 2.24) is 4.57 Å². The Morgan fingerprint density at radius 1 is 0.939 bits per heavy atom. The second-order valence-corrected chi connectivity index (χ2v) is 9.30. The van der Waals surface area contributed by atoms with E-state index in [1.54, 1.807) is 14.2 Å². The van der Waals surface area contributed by atoms with Gasteiger partial charge in [0.05, 0.1) is 17.8 Å². The molecule has 0 amide bonds. The molecule has 4 rings (SSSR count). The number of rotatable bonds is 7. The lowest BCUT2D eigenvalue weighted by atomic mass is 9.75. The van der Waals surface area contributed by atoms with Crippen LogP contribution in [0.25, 0.3) is 28.1 Å². The van der Waals surface area contributed by atoms with Gasteiger partial charge in [0.25, 0.3) is 0 Å². The molecule has 33 heavy (non-hydrogen) atoms. The molecule has 0 atom stereocenters. The Morgan fingerprint density at radius 3 is 2.06 bits per heavy atom. The number of benzene rings is 2. The van der Waals surface area contributed by atoms with Gasteiger partial charge in [-0.05, 0) is 22.6 Å². The van der Waals surface area contributed by atoms with Gasteiger partial charge in [-0.3, -0.25) is 4.79 Å². The molecule has 1 aromatic heterocycles. The van der Waals surface area contributed by atoms with Gasteiger partial charge in [0.2, 0.25) is 0 Å². The van der Waals surface area contributed by atoms with E-state index in [9.17, 15) is 9.90 Å². The molecule has 0 aliphatic heterocycles. The van der Waals surface area contributed by atoms with Gasteiger partial charge in [0, 0.05) is 38.3 Å². The fourth-order valence-corrected chi connectivity index (χ4v) is 4.67. The molecule has 0 bridgehead atoms. The van der Waals surface area contributed by atoms with Crippen LogP contribution in [-0.2, 0) is 20.8 Å². The minimum atomic E-state index is -0.473. The summed E-state index contributed by atoms with van der Waals surface area (Å²) in [5.74, 6) is 0.118. The third-order valence-corrected chi connectivity index (χ3v) is 6.19. The van der Waals surface area contributed by atoms with E-state index >= 15 is 0 Å². The molecule has 3 aromatic rings. The van der Waals surface area contributed by atoms with E-state index < -0.39 is 6.29 Å². The molecule has 2 aromatic carbocycles. The van der Waals surface area contributed by atoms with Crippen molar-refractivity contribution in [2.24, 2.45) is 5.41 Å². The number of allylic oxidation sites excluding steroid dienone is 2. The SMILES string of the molecule is COC(Cn1c(-c2ccccc2)cc(C2=C(O)CC(C)(C)CC2=O)c1-c1ccccc1)OC. The second-order valence-electron chi connectivity index (χ2n) is 9.30. The van der Waals surface area contributed by atoms with Gasteiger partial charge in [-0.25, -0.2) is 0 Å². The maximum absolute atomic E-state index is 13.3. The zero-order valence-electron chi connectivity index (χ0n) is 19.7. The molecular formula is C28H31NO4. The molecule has 0 saturated carbocycles. The number of nitrogens with zero attached hydrogens (tertiary/aromatic N) is 1. The van der Waals surface area contributed by atoms with Crippen molar-refractivity contribution in [1.29, 1.82) is 0 Å². The van der Waals surface area contributed by atoms with Gasteiger partial charge in [0.15, 0.2) is 12.1 Å². The predicted molar refractivity (Wildman–Crippen MR) is 131 cm³/mol. The molecule has 172 valence electrons. The van der Waals surface area contributed by atoms with Crippen LogP contribution in [0.4, 0.5) is 0 Å². The van der Waals surface area contributed by atoms with Gasteiger partial charge < -0.3 is 19.1 Å². The van der Waals surface area contributed by atoms with Crippen molar-refractivity contribution in [3.63, 3.8) is 0 Å². The summed E-state index contributed by atoms with van der Waals surface area (Å²) in [7, 11) is 3.23. The highest BCUT2D eigenvalue weighted by molar-refractivity contribution is 6.24. The van der Waals surface area contributed by atoms with Crippen molar-refractivity contribution in [3.8, 4) is 22.5 Å². The largest absolute Gasteiger partial charge is 0.512 e. The van der Waals surface area contributed by atoms with Gasteiger partial charge in [-0.1, -0.05) is 74.5 Å². The Balaban J connectivity index is 2.03. The maximum Gasteiger partial charge on any atom is 0.174 e. The molecule has 0 radical (unpaired) electrons. The van der Waals surface area contributed by atoms with Crippen molar-refractivity contribution in [3.05, 3.63) is 78.1 Å². The molecule has 1 N–H and O–H groups in total. The summed E-state index contributed by atoms with van der Waals surface area (Å²) in [4.78, 5) is 13.3. The number of carbonyl (C=O) groups excluding carboxylic acids is 1. The lowest BCUT2D eigenvalue weighted by molar-refractivity contribution is -0.116. The third-order valence-electron chi connectivity index (χ3n) is 6.19. The summed E-state index contributed by atoms with van der Waals surface area (Å²) < 4.78 is 13.2. The quantitative estimate of drug-likeness (QED) is 0.447. The van der Waals surface area contributed by atoms with Gasteiger partial charge in [-0.15, -0.1) is 0 Å². The van der Waals surface area contributed by atoms with Crippen LogP contribution >= 0.6 is 0 Å². The molecule has 1 heterocycles. The second kappa shape index (κ2) is 9.38. The number of aliphatic hydroxyl groups is 1. The molecule has 1 aliphatic carbocycles. The number of aliphatic hydroxyl groups excluding tert-OH is 1. The van der Waals surface area contributed by atoms with Crippen LogP contribution in [0.3, 0.4) is 0 Å². The van der Waals surface area contributed by atoms with E-state index in [1.165, 1.54) is 0 Å². The summed E-state index contributed by atoms with van der Waals surface area (Å²) in [5.41, 5.74) is 4.65. The Labute approximate surface area is 195 Å². The minimum Gasteiger partial charge on any atom is -0.512 e. The van der Waals surface area contributed by atoms with Crippen LogP contribution in [0.5, 0.6) is 0 Å². The summed E-state index contributed by atoms with van der Waals surface area (Å²) in [5, 5.41) is 11.0. The molecule has 0 unspecified atom stereocenters. The number of carbonyl (C=O) groups is 1. The van der Waals surface area contributed by atoms with Gasteiger partial charge in [0.1, 0.15) is 5.76 Å². The van der Waals surface area contributed by atoms with Crippen LogP contribution in [-0.4, -0.2) is 36.0 Å². The third kappa shape index (κ3) is 4.65. The first kappa shape index (κ1) is 23.0. The first-order valence-corrected chi connectivity index (χ1v) is 11.2. The molecule has 0 spiro atoms. The van der Waals surface area contributed by atoms with Crippen LogP contribution in [0, 0.1) is 5.41 Å². The fourth-order valence-electron chi connectivity index (χ4n) is 4.67. The normalized spacial score (nSPS) is 16.0. The maximum atomic E-state index is 13.3. The summed E-state index contributed by atoms with van der Waals surface area (Å²) in [6.45, 7) is 4.45. The highest BCUT2D eigenvalue weighted by atomic mass is 16.7. The molecular weight excluding hydrogens is 414 g/mol. The molecule has 5 nitrogen and oxygen atoms in total. The monoisotopic (exact) mass is 445 g/mol. The molecule has 1 aliphatic rings. The topological polar surface area (TPSA) is 60.7 Å². The zero-order chi connectivity index (χ0) is 23.6. The first-order chi connectivity index (χ1) is 15.8. The standard InChI is InChI=1S/C28H31NO4/c1-28(2)16-23(30)26(24(31)17-28)21-15-22(19-11-7-5-8-12-19)29(18-25(32-3)33-4)27(21)20-13-9-6-10-14-20/h5-15,25,30H,16-18H2,1-4H3. The molecule has 5 heteroatoms. The lowest BCUT2D eigenvalue weighted by Crippen LogP contribution is -2.25. The van der Waals surface area contributed by atoms with Crippen molar-refractivity contribution < 1.29 is 19.4 Å². The van der Waals surface area contributed by atoms with E-state index in [-0.39, 0.29) is 17.0 Å². The molecule has 0 fully saturated rings.